The topological polar surface area (TPSA) is 82.7 Å². The summed E-state index contributed by atoms with van der Waals surface area (Å²) < 4.78 is 5.91. The molecule has 1 amide bonds. The largest absolute Gasteiger partial charge is 0.412 e. The molecule has 0 spiro atoms. The zero-order valence-corrected chi connectivity index (χ0v) is 18.3. The van der Waals surface area contributed by atoms with Gasteiger partial charge in [0.2, 0.25) is 3.79 Å². The molecule has 0 aliphatic carbocycles. The summed E-state index contributed by atoms with van der Waals surface area (Å²) in [6, 6.07) is 16.6. The van der Waals surface area contributed by atoms with Gasteiger partial charge in [-0.2, -0.15) is 0 Å². The number of aromatic nitrogens is 1. The Morgan fingerprint density at radius 2 is 1.82 bits per heavy atom. The molecule has 3 N–H and O–H groups in total. The average molecular weight is 480 g/mol. The van der Waals surface area contributed by atoms with E-state index in [1.54, 1.807) is 47.4 Å². The average Bonchev–Trinajstić information content (AvgIpc) is 3.06. The Hall–Kier alpha value is -1.06. The van der Waals surface area contributed by atoms with Gasteiger partial charge in [0.05, 0.1) is 16.8 Å². The third kappa shape index (κ3) is 6.49. The maximum atomic E-state index is 12.3. The molecule has 3 rings (SSSR count). The van der Waals surface area contributed by atoms with Crippen LogP contribution in [0.1, 0.15) is 10.4 Å². The van der Waals surface area contributed by atoms with Crippen molar-refractivity contribution < 1.29 is 15.0 Å². The van der Waals surface area contributed by atoms with Gasteiger partial charge in [-0.15, -0.1) is 11.3 Å². The molecule has 2 aromatic carbocycles. The molecule has 0 fully saturated rings. The van der Waals surface area contributed by atoms with Crippen molar-refractivity contribution in [1.29, 1.82) is 0 Å². The number of halogens is 3. The number of nitrogens with one attached hydrogen (secondary N) is 1. The number of carbonyl (C=O) groups is 1. The third-order valence-electron chi connectivity index (χ3n) is 3.46. The number of carbonyl (C=O) groups excluding carboxylic acids is 1. The summed E-state index contributed by atoms with van der Waals surface area (Å²) in [5, 5.41) is 2.61. The standard InChI is InChI=1S/C18H15Cl3N2O2S2.H2O/c19-18(20,21)16(23-15(24)12-6-2-1-3-7-12)25-10-11-26-17-22-13-8-4-5-9-14(13)27-17;/h1-9,16H,10-11H2,(H,23,24);1H2. The predicted octanol–water partition coefficient (Wildman–Crippen LogP) is 4.71. The molecule has 1 aromatic heterocycles. The van der Waals surface area contributed by atoms with Gasteiger partial charge in [0, 0.05) is 11.3 Å². The molecule has 0 saturated heterocycles. The quantitative estimate of drug-likeness (QED) is 0.230. The highest BCUT2D eigenvalue weighted by Crippen LogP contribution is 2.32. The molecule has 0 saturated carbocycles. The van der Waals surface area contributed by atoms with Gasteiger partial charge in [0.1, 0.15) is 0 Å². The monoisotopic (exact) mass is 478 g/mol. The second kappa shape index (κ2) is 10.6. The van der Waals surface area contributed by atoms with E-state index < -0.39 is 10.0 Å². The van der Waals surface area contributed by atoms with Crippen LogP contribution in [0.15, 0.2) is 58.9 Å². The maximum absolute atomic E-state index is 12.3. The zero-order valence-electron chi connectivity index (χ0n) is 14.4. The lowest BCUT2D eigenvalue weighted by atomic mass is 10.2. The Morgan fingerprint density at radius 1 is 1.14 bits per heavy atom. The van der Waals surface area contributed by atoms with Crippen LogP contribution >= 0.6 is 57.9 Å². The lowest BCUT2D eigenvalue weighted by Gasteiger charge is -2.25. The summed E-state index contributed by atoms with van der Waals surface area (Å²) in [6.07, 6.45) is -1.06. The van der Waals surface area contributed by atoms with E-state index in [9.17, 15) is 4.79 Å². The number of rotatable bonds is 7. The number of ether oxygens (including phenoxy) is 1. The van der Waals surface area contributed by atoms with Gasteiger partial charge >= 0.3 is 0 Å². The smallest absolute Gasteiger partial charge is 0.253 e. The number of alkyl halides is 3. The van der Waals surface area contributed by atoms with Crippen LogP contribution in [-0.4, -0.2) is 38.7 Å². The van der Waals surface area contributed by atoms with Crippen LogP contribution in [-0.2, 0) is 4.74 Å². The van der Waals surface area contributed by atoms with E-state index in [0.717, 1.165) is 14.6 Å². The zero-order chi connectivity index (χ0) is 19.3. The number of fused-ring (bicyclic) bond motifs is 1. The summed E-state index contributed by atoms with van der Waals surface area (Å²) >= 11 is 21.0. The first kappa shape index (κ1) is 23.2. The molecular weight excluding hydrogens is 463 g/mol. The Labute approximate surface area is 185 Å². The first-order valence-electron chi connectivity index (χ1n) is 7.96. The first-order chi connectivity index (χ1) is 12.9. The van der Waals surface area contributed by atoms with E-state index >= 15 is 0 Å². The Morgan fingerprint density at radius 3 is 2.50 bits per heavy atom. The van der Waals surface area contributed by atoms with Crippen LogP contribution in [0.5, 0.6) is 0 Å². The number of nitrogens with zero attached hydrogens (tertiary/aromatic N) is 1. The van der Waals surface area contributed by atoms with Gasteiger partial charge < -0.3 is 15.5 Å². The highest BCUT2D eigenvalue weighted by Gasteiger charge is 2.35. The summed E-state index contributed by atoms with van der Waals surface area (Å²) in [5.74, 6) is 0.240. The van der Waals surface area contributed by atoms with Crippen LogP contribution in [0.2, 0.25) is 0 Å². The minimum absolute atomic E-state index is 0. The van der Waals surface area contributed by atoms with Gasteiger partial charge in [0.25, 0.3) is 5.91 Å². The number of amides is 1. The fourth-order valence-electron chi connectivity index (χ4n) is 2.22. The van der Waals surface area contributed by atoms with Gasteiger partial charge in [-0.3, -0.25) is 4.79 Å². The molecule has 28 heavy (non-hydrogen) atoms. The minimum Gasteiger partial charge on any atom is -0.412 e. The first-order valence-corrected chi connectivity index (χ1v) is 10.9. The molecule has 10 heteroatoms. The van der Waals surface area contributed by atoms with Gasteiger partial charge in [0.15, 0.2) is 10.6 Å². The molecule has 0 radical (unpaired) electrons. The molecule has 1 atom stereocenters. The van der Waals surface area contributed by atoms with Gasteiger partial charge in [-0.05, 0) is 24.3 Å². The van der Waals surface area contributed by atoms with Crippen molar-refractivity contribution in [2.24, 2.45) is 0 Å². The molecule has 150 valence electrons. The second-order valence-electron chi connectivity index (χ2n) is 5.43. The van der Waals surface area contributed by atoms with Crippen molar-refractivity contribution in [3.8, 4) is 0 Å². The van der Waals surface area contributed by atoms with E-state index in [4.69, 9.17) is 39.5 Å². The van der Waals surface area contributed by atoms with Gasteiger partial charge in [-0.25, -0.2) is 4.98 Å². The van der Waals surface area contributed by atoms with Crippen LogP contribution in [0.3, 0.4) is 0 Å². The summed E-state index contributed by atoms with van der Waals surface area (Å²) in [5.41, 5.74) is 1.43. The van der Waals surface area contributed by atoms with Crippen LogP contribution < -0.4 is 5.32 Å². The van der Waals surface area contributed by atoms with Crippen molar-refractivity contribution in [2.75, 3.05) is 12.4 Å². The second-order valence-corrected chi connectivity index (χ2v) is 10.2. The van der Waals surface area contributed by atoms with E-state index in [1.165, 1.54) is 0 Å². The third-order valence-corrected chi connectivity index (χ3v) is 6.20. The normalized spacial score (nSPS) is 12.4. The Balaban J connectivity index is 0.00000280. The molecule has 1 heterocycles. The van der Waals surface area contributed by atoms with E-state index in [1.807, 2.05) is 30.3 Å². The number of thioether (sulfide) groups is 1. The Kier molecular flexibility index (Phi) is 8.82. The number of hydrogen-bond acceptors (Lipinski definition) is 5. The lowest BCUT2D eigenvalue weighted by Crippen LogP contribution is -2.46. The molecular formula is C18H17Cl3N2O3S2. The summed E-state index contributed by atoms with van der Waals surface area (Å²) in [6.45, 7) is 0.286. The van der Waals surface area contributed by atoms with Crippen molar-refractivity contribution in [1.82, 2.24) is 10.3 Å². The van der Waals surface area contributed by atoms with Crippen molar-refractivity contribution in [2.45, 2.75) is 14.4 Å². The van der Waals surface area contributed by atoms with Crippen LogP contribution in [0.25, 0.3) is 10.2 Å². The number of hydrogen-bond donors (Lipinski definition) is 1. The fraction of sp³-hybridized carbons (Fsp3) is 0.222. The highest BCUT2D eigenvalue weighted by molar-refractivity contribution is 8.01. The summed E-state index contributed by atoms with van der Waals surface area (Å²) in [7, 11) is 0. The predicted molar refractivity (Wildman–Crippen MR) is 118 cm³/mol. The maximum Gasteiger partial charge on any atom is 0.253 e. The minimum atomic E-state index is -1.79. The van der Waals surface area contributed by atoms with E-state index in [-0.39, 0.29) is 18.0 Å². The molecule has 5 nitrogen and oxygen atoms in total. The molecule has 0 aliphatic rings. The van der Waals surface area contributed by atoms with E-state index in [2.05, 4.69) is 10.3 Å². The molecule has 3 aromatic rings. The number of para-hydroxylation sites is 1. The van der Waals surface area contributed by atoms with Crippen molar-refractivity contribution >= 4 is 74.0 Å². The number of benzene rings is 2. The SMILES string of the molecule is O.O=C(NC(OCCSc1nc2ccccc2s1)C(Cl)(Cl)Cl)c1ccccc1. The van der Waals surface area contributed by atoms with Crippen LogP contribution in [0.4, 0.5) is 0 Å². The lowest BCUT2D eigenvalue weighted by molar-refractivity contribution is 0.0381. The molecule has 0 bridgehead atoms. The Bertz CT molecular complexity index is 871. The van der Waals surface area contributed by atoms with Crippen LogP contribution in [0, 0.1) is 0 Å². The fourth-order valence-corrected chi connectivity index (χ4v) is 4.54. The number of thiazole rings is 1. The van der Waals surface area contributed by atoms with Crippen molar-refractivity contribution in [3.63, 3.8) is 0 Å². The van der Waals surface area contributed by atoms with Crippen molar-refractivity contribution in [3.05, 3.63) is 60.2 Å². The molecule has 0 aliphatic heterocycles. The van der Waals surface area contributed by atoms with E-state index in [0.29, 0.717) is 11.3 Å². The molecule has 1 unspecified atom stereocenters. The highest BCUT2D eigenvalue weighted by atomic mass is 35.6. The summed E-state index contributed by atoms with van der Waals surface area (Å²) in [4.78, 5) is 16.8. The van der Waals surface area contributed by atoms with Gasteiger partial charge in [-0.1, -0.05) is 76.9 Å².